The van der Waals surface area contributed by atoms with Gasteiger partial charge in [0, 0.05) is 0 Å². The van der Waals surface area contributed by atoms with Gasteiger partial charge in [0.1, 0.15) is 0 Å². The molecule has 0 bridgehead atoms. The van der Waals surface area contributed by atoms with Crippen molar-refractivity contribution in [3.05, 3.63) is 71.8 Å². The Kier molecular flexibility index (Phi) is 4.72. The van der Waals surface area contributed by atoms with E-state index in [-0.39, 0.29) is 6.42 Å². The lowest BCUT2D eigenvalue weighted by molar-refractivity contribution is -0.150. The van der Waals surface area contributed by atoms with E-state index in [2.05, 4.69) is 0 Å². The summed E-state index contributed by atoms with van der Waals surface area (Å²) < 4.78 is 0. The van der Waals surface area contributed by atoms with Crippen LogP contribution in [0.3, 0.4) is 0 Å². The number of carboxylic acids is 2. The fourth-order valence-electron chi connectivity index (χ4n) is 2.42. The topological polar surface area (TPSA) is 74.6 Å². The van der Waals surface area contributed by atoms with Crippen molar-refractivity contribution >= 4 is 11.9 Å². The standard InChI is InChI=1S/C17H16O4/c18-16(19)14(11-12-7-3-1-4-8-12)15(17(20)21)13-9-5-2-6-10-13/h1-10,14-15H,11H2,(H,18,19)(H,20,21). The largest absolute Gasteiger partial charge is 0.481 e. The Morgan fingerprint density at radius 1 is 0.810 bits per heavy atom. The second-order valence-corrected chi connectivity index (χ2v) is 4.86. The van der Waals surface area contributed by atoms with Crippen LogP contribution >= 0.6 is 0 Å². The van der Waals surface area contributed by atoms with Crippen molar-refractivity contribution in [1.82, 2.24) is 0 Å². The van der Waals surface area contributed by atoms with Gasteiger partial charge in [0.2, 0.25) is 0 Å². The Morgan fingerprint density at radius 3 is 1.81 bits per heavy atom. The number of benzene rings is 2. The highest BCUT2D eigenvalue weighted by Crippen LogP contribution is 2.28. The molecule has 4 nitrogen and oxygen atoms in total. The van der Waals surface area contributed by atoms with Gasteiger partial charge in [-0.25, -0.2) is 0 Å². The minimum atomic E-state index is -1.12. The van der Waals surface area contributed by atoms with E-state index >= 15 is 0 Å². The minimum Gasteiger partial charge on any atom is -0.481 e. The predicted octanol–water partition coefficient (Wildman–Crippen LogP) is 2.80. The van der Waals surface area contributed by atoms with Crippen molar-refractivity contribution in [2.75, 3.05) is 0 Å². The summed E-state index contributed by atoms with van der Waals surface area (Å²) in [6, 6.07) is 17.6. The van der Waals surface area contributed by atoms with Gasteiger partial charge in [-0.2, -0.15) is 0 Å². The van der Waals surface area contributed by atoms with Crippen LogP contribution in [0.5, 0.6) is 0 Å². The second-order valence-electron chi connectivity index (χ2n) is 4.86. The maximum atomic E-state index is 11.6. The Labute approximate surface area is 122 Å². The quantitative estimate of drug-likeness (QED) is 0.855. The van der Waals surface area contributed by atoms with E-state index in [1.165, 1.54) is 0 Å². The summed E-state index contributed by atoms with van der Waals surface area (Å²) in [7, 11) is 0. The normalized spacial score (nSPS) is 13.3. The molecule has 0 aliphatic rings. The van der Waals surface area contributed by atoms with Crippen LogP contribution in [0.2, 0.25) is 0 Å². The van der Waals surface area contributed by atoms with Gasteiger partial charge < -0.3 is 10.2 Å². The fraction of sp³-hybridized carbons (Fsp3) is 0.176. The maximum absolute atomic E-state index is 11.6. The average Bonchev–Trinajstić information content (AvgIpc) is 2.48. The number of rotatable bonds is 6. The van der Waals surface area contributed by atoms with Crippen LogP contribution < -0.4 is 0 Å². The molecule has 0 radical (unpaired) electrons. The van der Waals surface area contributed by atoms with Crippen molar-refractivity contribution in [3.8, 4) is 0 Å². The van der Waals surface area contributed by atoms with Crippen LogP contribution in [0.25, 0.3) is 0 Å². The monoisotopic (exact) mass is 284 g/mol. The SMILES string of the molecule is O=C(O)C(Cc1ccccc1)C(C(=O)O)c1ccccc1. The summed E-state index contributed by atoms with van der Waals surface area (Å²) >= 11 is 0. The van der Waals surface area contributed by atoms with Gasteiger partial charge in [-0.05, 0) is 17.5 Å². The number of aliphatic carboxylic acids is 2. The maximum Gasteiger partial charge on any atom is 0.311 e. The van der Waals surface area contributed by atoms with Crippen molar-refractivity contribution in [1.29, 1.82) is 0 Å². The lowest BCUT2D eigenvalue weighted by Gasteiger charge is -2.21. The van der Waals surface area contributed by atoms with E-state index < -0.39 is 23.8 Å². The Morgan fingerprint density at radius 2 is 1.33 bits per heavy atom. The Hall–Kier alpha value is -2.62. The van der Waals surface area contributed by atoms with E-state index in [4.69, 9.17) is 0 Å². The molecule has 0 amide bonds. The number of hydrogen-bond acceptors (Lipinski definition) is 2. The van der Waals surface area contributed by atoms with E-state index in [1.807, 2.05) is 18.2 Å². The zero-order chi connectivity index (χ0) is 15.2. The molecular weight excluding hydrogens is 268 g/mol. The van der Waals surface area contributed by atoms with Gasteiger partial charge in [0.05, 0.1) is 11.8 Å². The highest BCUT2D eigenvalue weighted by molar-refractivity contribution is 5.84. The third kappa shape index (κ3) is 3.69. The van der Waals surface area contributed by atoms with E-state index in [0.717, 1.165) is 5.56 Å². The molecular formula is C17H16O4. The molecule has 2 atom stereocenters. The first kappa shape index (κ1) is 14.8. The molecule has 21 heavy (non-hydrogen) atoms. The summed E-state index contributed by atoms with van der Waals surface area (Å²) in [6.45, 7) is 0. The lowest BCUT2D eigenvalue weighted by Crippen LogP contribution is -2.29. The van der Waals surface area contributed by atoms with Gasteiger partial charge in [0.25, 0.3) is 0 Å². The summed E-state index contributed by atoms with van der Waals surface area (Å²) in [5.74, 6) is -4.30. The predicted molar refractivity (Wildman–Crippen MR) is 78.1 cm³/mol. The molecule has 2 N–H and O–H groups in total. The first-order valence-electron chi connectivity index (χ1n) is 6.64. The molecule has 0 aliphatic carbocycles. The highest BCUT2D eigenvalue weighted by Gasteiger charge is 2.35. The summed E-state index contributed by atoms with van der Waals surface area (Å²) in [5.41, 5.74) is 1.32. The van der Waals surface area contributed by atoms with Crippen LogP contribution in [0, 0.1) is 5.92 Å². The van der Waals surface area contributed by atoms with Crippen LogP contribution in [-0.4, -0.2) is 22.2 Å². The van der Waals surface area contributed by atoms with Crippen LogP contribution in [0.4, 0.5) is 0 Å². The first-order valence-corrected chi connectivity index (χ1v) is 6.64. The van der Waals surface area contributed by atoms with Crippen molar-refractivity contribution in [2.24, 2.45) is 5.92 Å². The Balaban J connectivity index is 2.34. The van der Waals surface area contributed by atoms with Crippen molar-refractivity contribution in [3.63, 3.8) is 0 Å². The first-order chi connectivity index (χ1) is 10.1. The fourth-order valence-corrected chi connectivity index (χ4v) is 2.42. The zero-order valence-corrected chi connectivity index (χ0v) is 11.3. The lowest BCUT2D eigenvalue weighted by atomic mass is 9.82. The third-order valence-electron chi connectivity index (χ3n) is 3.44. The van der Waals surface area contributed by atoms with Gasteiger partial charge in [-0.15, -0.1) is 0 Å². The van der Waals surface area contributed by atoms with Crippen LogP contribution in [0.15, 0.2) is 60.7 Å². The van der Waals surface area contributed by atoms with Gasteiger partial charge in [-0.3, -0.25) is 9.59 Å². The van der Waals surface area contributed by atoms with E-state index in [0.29, 0.717) is 5.56 Å². The molecule has 0 heterocycles. The van der Waals surface area contributed by atoms with Gasteiger partial charge >= 0.3 is 11.9 Å². The molecule has 2 unspecified atom stereocenters. The minimum absolute atomic E-state index is 0.183. The Bertz CT molecular complexity index is 607. The van der Waals surface area contributed by atoms with Crippen LogP contribution in [0.1, 0.15) is 17.0 Å². The summed E-state index contributed by atoms with van der Waals surface area (Å²) in [6.07, 6.45) is 0.183. The van der Waals surface area contributed by atoms with E-state index in [9.17, 15) is 19.8 Å². The molecule has 2 rings (SSSR count). The van der Waals surface area contributed by atoms with Gasteiger partial charge in [0.15, 0.2) is 0 Å². The third-order valence-corrected chi connectivity index (χ3v) is 3.44. The molecule has 0 spiro atoms. The second kappa shape index (κ2) is 6.70. The molecule has 0 saturated carbocycles. The number of carboxylic acid groups (broad SMARTS) is 2. The molecule has 0 fully saturated rings. The molecule has 108 valence electrons. The number of hydrogen-bond donors (Lipinski definition) is 2. The highest BCUT2D eigenvalue weighted by atomic mass is 16.4. The zero-order valence-electron chi connectivity index (χ0n) is 11.3. The van der Waals surface area contributed by atoms with Crippen LogP contribution in [-0.2, 0) is 16.0 Å². The molecule has 4 heteroatoms. The smallest absolute Gasteiger partial charge is 0.311 e. The molecule has 2 aromatic rings. The summed E-state index contributed by atoms with van der Waals surface area (Å²) in [4.78, 5) is 23.1. The molecule has 2 aromatic carbocycles. The summed E-state index contributed by atoms with van der Waals surface area (Å²) in [5, 5.41) is 18.9. The molecule has 0 aliphatic heterocycles. The van der Waals surface area contributed by atoms with Crippen molar-refractivity contribution in [2.45, 2.75) is 12.3 Å². The van der Waals surface area contributed by atoms with Gasteiger partial charge in [-0.1, -0.05) is 60.7 Å². The average molecular weight is 284 g/mol. The molecule has 0 saturated heterocycles. The molecule has 0 aromatic heterocycles. The van der Waals surface area contributed by atoms with Crippen molar-refractivity contribution < 1.29 is 19.8 Å². The van der Waals surface area contributed by atoms with E-state index in [1.54, 1.807) is 42.5 Å². The number of carbonyl (C=O) groups is 2.